The van der Waals surface area contributed by atoms with Gasteiger partial charge >= 0.3 is 6.03 Å². The fourth-order valence-corrected chi connectivity index (χ4v) is 3.55. The van der Waals surface area contributed by atoms with Gasteiger partial charge in [0.2, 0.25) is 5.91 Å². The number of halogens is 1. The topological polar surface area (TPSA) is 43.9 Å². The van der Waals surface area contributed by atoms with Crippen LogP contribution in [-0.4, -0.2) is 53.8 Å². The molecular formula is C21H28FN3O2S. The van der Waals surface area contributed by atoms with Crippen molar-refractivity contribution in [3.63, 3.8) is 0 Å². The first kappa shape index (κ1) is 21.9. The molecule has 2 aromatic rings. The summed E-state index contributed by atoms with van der Waals surface area (Å²) >= 11 is 1.58. The summed E-state index contributed by atoms with van der Waals surface area (Å²) in [5, 5.41) is 1.97. The molecule has 1 aromatic heterocycles. The minimum atomic E-state index is -0.306. The Bertz CT molecular complexity index is 760. The van der Waals surface area contributed by atoms with E-state index in [9.17, 15) is 14.0 Å². The predicted molar refractivity (Wildman–Crippen MR) is 110 cm³/mol. The molecule has 28 heavy (non-hydrogen) atoms. The second kappa shape index (κ2) is 10.2. The van der Waals surface area contributed by atoms with Crippen molar-refractivity contribution < 1.29 is 14.0 Å². The van der Waals surface area contributed by atoms with Crippen molar-refractivity contribution in [2.75, 3.05) is 27.2 Å². The lowest BCUT2D eigenvalue weighted by atomic mass is 10.2. The first-order valence-corrected chi connectivity index (χ1v) is 10.1. The second-order valence-electron chi connectivity index (χ2n) is 7.41. The van der Waals surface area contributed by atoms with Gasteiger partial charge in [-0.3, -0.25) is 4.79 Å². The highest BCUT2D eigenvalue weighted by Crippen LogP contribution is 2.16. The Morgan fingerprint density at radius 2 is 1.71 bits per heavy atom. The third-order valence-electron chi connectivity index (χ3n) is 4.13. The average Bonchev–Trinajstić information content (AvgIpc) is 3.14. The van der Waals surface area contributed by atoms with Crippen LogP contribution in [0.25, 0.3) is 0 Å². The molecule has 0 N–H and O–H groups in total. The van der Waals surface area contributed by atoms with Crippen LogP contribution in [0.2, 0.25) is 0 Å². The number of carbonyl (C=O) groups excluding carboxylic acids is 2. The molecule has 3 amide bonds. The highest BCUT2D eigenvalue weighted by atomic mass is 32.1. The molecule has 0 aliphatic rings. The number of hydrogen-bond donors (Lipinski definition) is 0. The summed E-state index contributed by atoms with van der Waals surface area (Å²) in [4.78, 5) is 31.4. The van der Waals surface area contributed by atoms with E-state index >= 15 is 0 Å². The minimum absolute atomic E-state index is 0.0156. The SMILES string of the molecule is CC(C)CN(CC(=O)N(Cc1ccc(F)cc1)Cc1cccs1)C(=O)N(C)C. The van der Waals surface area contributed by atoms with Crippen molar-refractivity contribution in [2.45, 2.75) is 26.9 Å². The van der Waals surface area contributed by atoms with Crippen molar-refractivity contribution in [1.29, 1.82) is 0 Å². The van der Waals surface area contributed by atoms with Crippen LogP contribution >= 0.6 is 11.3 Å². The molecular weight excluding hydrogens is 377 g/mol. The summed E-state index contributed by atoms with van der Waals surface area (Å²) in [5.41, 5.74) is 0.848. The number of rotatable bonds is 8. The highest BCUT2D eigenvalue weighted by molar-refractivity contribution is 7.09. The fourth-order valence-electron chi connectivity index (χ4n) is 2.83. The summed E-state index contributed by atoms with van der Waals surface area (Å²) in [6.45, 7) is 5.38. The maximum absolute atomic E-state index is 13.2. The third-order valence-corrected chi connectivity index (χ3v) is 4.99. The van der Waals surface area contributed by atoms with Crippen LogP contribution in [0, 0.1) is 11.7 Å². The van der Waals surface area contributed by atoms with Gasteiger partial charge in [0.1, 0.15) is 12.4 Å². The van der Waals surface area contributed by atoms with Gasteiger partial charge < -0.3 is 14.7 Å². The first-order valence-electron chi connectivity index (χ1n) is 9.27. The summed E-state index contributed by atoms with van der Waals surface area (Å²) in [5.74, 6) is -0.187. The van der Waals surface area contributed by atoms with E-state index in [1.807, 2.05) is 31.4 Å². The van der Waals surface area contributed by atoms with Crippen LogP contribution in [0.3, 0.4) is 0 Å². The zero-order chi connectivity index (χ0) is 20.7. The quantitative estimate of drug-likeness (QED) is 0.665. The molecule has 0 fully saturated rings. The number of amides is 3. The molecule has 0 radical (unpaired) electrons. The summed E-state index contributed by atoms with van der Waals surface area (Å²) < 4.78 is 13.2. The average molecular weight is 406 g/mol. The molecule has 1 heterocycles. The Balaban J connectivity index is 2.18. The summed E-state index contributed by atoms with van der Waals surface area (Å²) in [6, 6.07) is 9.89. The third kappa shape index (κ3) is 6.64. The molecule has 5 nitrogen and oxygen atoms in total. The van der Waals surface area contributed by atoms with Crippen molar-refractivity contribution in [3.8, 4) is 0 Å². The molecule has 2 rings (SSSR count). The van der Waals surface area contributed by atoms with Gasteiger partial charge in [0.05, 0.1) is 6.54 Å². The van der Waals surface area contributed by atoms with Crippen LogP contribution in [0.5, 0.6) is 0 Å². The number of hydrogen-bond acceptors (Lipinski definition) is 3. The minimum Gasteiger partial charge on any atom is -0.332 e. The molecule has 0 atom stereocenters. The molecule has 152 valence electrons. The predicted octanol–water partition coefficient (Wildman–Crippen LogP) is 4.06. The smallest absolute Gasteiger partial charge is 0.319 e. The van der Waals surface area contributed by atoms with Gasteiger partial charge in [0, 0.05) is 32.1 Å². The Labute approximate surface area is 170 Å². The van der Waals surface area contributed by atoms with Gasteiger partial charge in [-0.2, -0.15) is 0 Å². The van der Waals surface area contributed by atoms with Gasteiger partial charge in [-0.05, 0) is 35.1 Å². The van der Waals surface area contributed by atoms with Crippen molar-refractivity contribution in [3.05, 3.63) is 58.0 Å². The number of thiophene rings is 1. The molecule has 0 saturated heterocycles. The largest absolute Gasteiger partial charge is 0.332 e. The number of benzene rings is 1. The molecule has 0 aliphatic carbocycles. The highest BCUT2D eigenvalue weighted by Gasteiger charge is 2.23. The van der Waals surface area contributed by atoms with E-state index in [1.54, 1.807) is 47.4 Å². The van der Waals surface area contributed by atoms with Crippen LogP contribution in [0.1, 0.15) is 24.3 Å². The van der Waals surface area contributed by atoms with Crippen molar-refractivity contribution in [1.82, 2.24) is 14.7 Å². The van der Waals surface area contributed by atoms with Gasteiger partial charge in [0.25, 0.3) is 0 Å². The molecule has 1 aromatic carbocycles. The normalized spacial score (nSPS) is 10.8. The van der Waals surface area contributed by atoms with Gasteiger partial charge in [-0.1, -0.05) is 32.0 Å². The van der Waals surface area contributed by atoms with E-state index < -0.39 is 0 Å². The lowest BCUT2D eigenvalue weighted by Gasteiger charge is -2.30. The number of carbonyl (C=O) groups is 2. The van der Waals surface area contributed by atoms with Gasteiger partial charge in [-0.15, -0.1) is 11.3 Å². The van der Waals surface area contributed by atoms with Crippen LogP contribution in [0.4, 0.5) is 9.18 Å². The summed E-state index contributed by atoms with van der Waals surface area (Å²) in [6.07, 6.45) is 0. The van der Waals surface area contributed by atoms with E-state index in [0.29, 0.717) is 19.6 Å². The molecule has 0 bridgehead atoms. The Hall–Kier alpha value is -2.41. The molecule has 0 aliphatic heterocycles. The number of nitrogens with zero attached hydrogens (tertiary/aromatic N) is 3. The molecule has 0 spiro atoms. The zero-order valence-electron chi connectivity index (χ0n) is 16.9. The van der Waals surface area contributed by atoms with Crippen LogP contribution in [0.15, 0.2) is 41.8 Å². The monoisotopic (exact) mass is 405 g/mol. The Kier molecular flexibility index (Phi) is 7.99. The Morgan fingerprint density at radius 1 is 1.04 bits per heavy atom. The molecule has 0 unspecified atom stereocenters. The van der Waals surface area contributed by atoms with Crippen LogP contribution in [-0.2, 0) is 17.9 Å². The maximum atomic E-state index is 13.2. The lowest BCUT2D eigenvalue weighted by Crippen LogP contribution is -2.47. The lowest BCUT2D eigenvalue weighted by molar-refractivity contribution is -0.133. The molecule has 7 heteroatoms. The molecule has 0 saturated carbocycles. The maximum Gasteiger partial charge on any atom is 0.319 e. The fraction of sp³-hybridized carbons (Fsp3) is 0.429. The second-order valence-corrected chi connectivity index (χ2v) is 8.44. The van der Waals surface area contributed by atoms with E-state index in [4.69, 9.17) is 0 Å². The first-order chi connectivity index (χ1) is 13.3. The van der Waals surface area contributed by atoms with Crippen LogP contribution < -0.4 is 0 Å². The standard InChI is InChI=1S/C21H28FN3O2S/c1-16(2)12-25(21(27)23(3)4)15-20(26)24(14-19-6-5-11-28-19)13-17-7-9-18(22)10-8-17/h5-11,16H,12-15H2,1-4H3. The zero-order valence-corrected chi connectivity index (χ0v) is 17.7. The number of urea groups is 1. The van der Waals surface area contributed by atoms with E-state index in [1.165, 1.54) is 17.0 Å². The van der Waals surface area contributed by atoms with Gasteiger partial charge in [-0.25, -0.2) is 9.18 Å². The Morgan fingerprint density at radius 3 is 2.25 bits per heavy atom. The van der Waals surface area contributed by atoms with E-state index in [2.05, 4.69) is 0 Å². The van der Waals surface area contributed by atoms with E-state index in [0.717, 1.165) is 10.4 Å². The van der Waals surface area contributed by atoms with E-state index in [-0.39, 0.29) is 30.2 Å². The van der Waals surface area contributed by atoms with Crippen molar-refractivity contribution in [2.24, 2.45) is 5.92 Å². The van der Waals surface area contributed by atoms with Crippen molar-refractivity contribution >= 4 is 23.3 Å². The summed E-state index contributed by atoms with van der Waals surface area (Å²) in [7, 11) is 3.37. The van der Waals surface area contributed by atoms with Gasteiger partial charge in [0.15, 0.2) is 0 Å².